The number of hydrogen-bond donors (Lipinski definition) is 0. The molecule has 3 nitrogen and oxygen atoms in total. The molecule has 0 bridgehead atoms. The molecule has 0 aliphatic heterocycles. The number of rotatable bonds is 10. The van der Waals surface area contributed by atoms with Gasteiger partial charge < -0.3 is 4.55 Å². The van der Waals surface area contributed by atoms with Gasteiger partial charge in [0.15, 0.2) is 0 Å². The van der Waals surface area contributed by atoms with Crippen LogP contribution < -0.4 is 18.9 Å². The van der Waals surface area contributed by atoms with Gasteiger partial charge in [0, 0.05) is 5.75 Å². The first-order valence-electron chi connectivity index (χ1n) is 6.35. The summed E-state index contributed by atoms with van der Waals surface area (Å²) >= 11 is 0. The molecule has 0 aromatic rings. The van der Waals surface area contributed by atoms with Crippen LogP contribution in [0.4, 0.5) is 0 Å². The average molecular weight is 256 g/mol. The normalized spacial score (nSPS) is 11.5. The summed E-state index contributed by atoms with van der Waals surface area (Å²) in [6.07, 6.45) is 8.72. The molecule has 0 radical (unpaired) electrons. The molecular weight excluding hydrogens is 231 g/mol. The van der Waals surface area contributed by atoms with E-state index in [0.717, 1.165) is 25.2 Å². The summed E-state index contributed by atoms with van der Waals surface area (Å²) in [5.41, 5.74) is 0. The summed E-state index contributed by atoms with van der Waals surface area (Å²) in [6.45, 7) is 4.48. The van der Waals surface area contributed by atoms with E-state index in [1.165, 1.54) is 25.7 Å². The van der Waals surface area contributed by atoms with E-state index in [0.29, 0.717) is 6.42 Å². The molecule has 0 rings (SSSR count). The number of unbranched alkanes of at least 4 members (excludes halogenated alkanes) is 6. The molecule has 0 fully saturated rings. The minimum absolute atomic E-state index is 0. The minimum Gasteiger partial charge on any atom is -0.748 e. The summed E-state index contributed by atoms with van der Waals surface area (Å²) in [5.74, 6) is 0.600. The second kappa shape index (κ2) is 11.6. The van der Waals surface area contributed by atoms with E-state index in [1.807, 2.05) is 0 Å². The molecule has 98 valence electrons. The van der Waals surface area contributed by atoms with Crippen molar-refractivity contribution in [3.05, 3.63) is 0 Å². The Morgan fingerprint density at radius 3 is 1.71 bits per heavy atom. The zero-order valence-electron chi connectivity index (χ0n) is 11.6. The van der Waals surface area contributed by atoms with Crippen molar-refractivity contribution in [2.24, 2.45) is 5.92 Å². The molecule has 17 heavy (non-hydrogen) atoms. The van der Waals surface area contributed by atoms with Crippen molar-refractivity contribution in [3.8, 4) is 0 Å². The van der Waals surface area contributed by atoms with E-state index in [4.69, 9.17) is 0 Å². The van der Waals surface area contributed by atoms with E-state index in [2.05, 4.69) is 13.8 Å². The van der Waals surface area contributed by atoms with Gasteiger partial charge in [-0.1, -0.05) is 58.8 Å². The van der Waals surface area contributed by atoms with Crippen molar-refractivity contribution < 1.29 is 31.8 Å². The molecule has 0 unspecified atom stereocenters. The summed E-state index contributed by atoms with van der Waals surface area (Å²) in [4.78, 5) is 0. The van der Waals surface area contributed by atoms with E-state index in [1.54, 1.807) is 0 Å². The maximum atomic E-state index is 10.3. The second-order valence-corrected chi connectivity index (χ2v) is 6.44. The van der Waals surface area contributed by atoms with Crippen LogP contribution in [0.5, 0.6) is 0 Å². The maximum Gasteiger partial charge on any atom is 1.00 e. The van der Waals surface area contributed by atoms with Crippen molar-refractivity contribution in [2.45, 2.75) is 65.2 Å². The Labute approximate surface area is 119 Å². The van der Waals surface area contributed by atoms with Gasteiger partial charge in [-0.05, 0) is 12.3 Å². The van der Waals surface area contributed by atoms with Gasteiger partial charge in [0.25, 0.3) is 0 Å². The van der Waals surface area contributed by atoms with Gasteiger partial charge in [0.1, 0.15) is 0 Å². The van der Waals surface area contributed by atoms with E-state index in [-0.39, 0.29) is 24.6 Å². The van der Waals surface area contributed by atoms with Crippen LogP contribution in [0.15, 0.2) is 0 Å². The van der Waals surface area contributed by atoms with E-state index in [9.17, 15) is 13.0 Å². The summed E-state index contributed by atoms with van der Waals surface area (Å²) < 4.78 is 30.9. The Morgan fingerprint density at radius 2 is 1.29 bits per heavy atom. The quantitative estimate of drug-likeness (QED) is 0.321. The third-order valence-electron chi connectivity index (χ3n) is 2.68. The molecule has 0 aliphatic carbocycles. The van der Waals surface area contributed by atoms with Crippen LogP contribution in [0.2, 0.25) is 0 Å². The Kier molecular flexibility index (Phi) is 13.5. The molecule has 0 saturated heterocycles. The van der Waals surface area contributed by atoms with Gasteiger partial charge >= 0.3 is 18.9 Å². The summed E-state index contributed by atoms with van der Waals surface area (Å²) in [7, 11) is -3.99. The molecule has 5 heteroatoms. The van der Waals surface area contributed by atoms with Crippen LogP contribution in [0, 0.1) is 5.92 Å². The van der Waals surface area contributed by atoms with Gasteiger partial charge in [-0.2, -0.15) is 0 Å². The standard InChI is InChI=1S/C12H26O3S.Li/c1-12(2)10-8-6-4-3-5-7-9-11-16(13,14)15;/h12H,3-11H2,1-2H3,(H,13,14,15);/q;+1/p-1. The fourth-order valence-corrected chi connectivity index (χ4v) is 2.27. The molecule has 0 aliphatic rings. The molecule has 0 aromatic heterocycles. The van der Waals surface area contributed by atoms with Gasteiger partial charge in [-0.3, -0.25) is 0 Å². The molecule has 0 saturated carbocycles. The largest absolute Gasteiger partial charge is 1.00 e. The molecule has 0 spiro atoms. The maximum absolute atomic E-state index is 10.3. The molecule has 0 N–H and O–H groups in total. The fraction of sp³-hybridized carbons (Fsp3) is 1.00. The fourth-order valence-electron chi connectivity index (χ4n) is 1.72. The first kappa shape index (κ1) is 19.8. The molecular formula is C12H25LiO3S. The van der Waals surface area contributed by atoms with Gasteiger partial charge in [0.2, 0.25) is 0 Å². The third kappa shape index (κ3) is 19.0. The Balaban J connectivity index is 0. The van der Waals surface area contributed by atoms with E-state index >= 15 is 0 Å². The monoisotopic (exact) mass is 256 g/mol. The third-order valence-corrected chi connectivity index (χ3v) is 3.46. The van der Waals surface area contributed by atoms with Crippen molar-refractivity contribution in [3.63, 3.8) is 0 Å². The first-order chi connectivity index (χ1) is 7.42. The predicted molar refractivity (Wildman–Crippen MR) is 66.3 cm³/mol. The predicted octanol–water partition coefficient (Wildman–Crippen LogP) is 0.312. The van der Waals surface area contributed by atoms with Gasteiger partial charge in [-0.15, -0.1) is 0 Å². The summed E-state index contributed by atoms with van der Waals surface area (Å²) in [6, 6.07) is 0. The van der Waals surface area contributed by atoms with Crippen LogP contribution in [0.3, 0.4) is 0 Å². The average Bonchev–Trinajstić information content (AvgIpc) is 2.13. The van der Waals surface area contributed by atoms with E-state index < -0.39 is 10.1 Å². The second-order valence-electron chi connectivity index (χ2n) is 4.92. The van der Waals surface area contributed by atoms with Crippen molar-refractivity contribution in [1.29, 1.82) is 0 Å². The van der Waals surface area contributed by atoms with Crippen molar-refractivity contribution in [2.75, 3.05) is 5.75 Å². The Morgan fingerprint density at radius 1 is 0.882 bits per heavy atom. The SMILES string of the molecule is CC(C)CCCCCCCCCS(=O)(=O)[O-].[Li+]. The van der Waals surface area contributed by atoms with Crippen LogP contribution in [-0.4, -0.2) is 18.7 Å². The van der Waals surface area contributed by atoms with Crippen molar-refractivity contribution >= 4 is 10.1 Å². The van der Waals surface area contributed by atoms with Gasteiger partial charge in [0.05, 0.1) is 10.1 Å². The smallest absolute Gasteiger partial charge is 0.748 e. The van der Waals surface area contributed by atoms with Gasteiger partial charge in [-0.25, -0.2) is 8.42 Å². The zero-order valence-corrected chi connectivity index (χ0v) is 12.4. The molecule has 0 atom stereocenters. The molecule has 0 heterocycles. The first-order valence-corrected chi connectivity index (χ1v) is 7.93. The molecule has 0 aromatic carbocycles. The van der Waals surface area contributed by atoms with Crippen LogP contribution in [0.1, 0.15) is 65.2 Å². The zero-order chi connectivity index (χ0) is 12.4. The van der Waals surface area contributed by atoms with Crippen LogP contribution in [0.25, 0.3) is 0 Å². The minimum atomic E-state index is -3.99. The molecule has 0 amide bonds. The Hall–Kier alpha value is 0.507. The van der Waals surface area contributed by atoms with Crippen LogP contribution >= 0.6 is 0 Å². The van der Waals surface area contributed by atoms with Crippen molar-refractivity contribution in [1.82, 2.24) is 0 Å². The number of hydrogen-bond acceptors (Lipinski definition) is 3. The van der Waals surface area contributed by atoms with Crippen LogP contribution in [-0.2, 0) is 10.1 Å². The Bertz CT molecular complexity index is 250. The summed E-state index contributed by atoms with van der Waals surface area (Å²) in [5, 5.41) is 0. The topological polar surface area (TPSA) is 57.2 Å².